The van der Waals surface area contributed by atoms with E-state index in [2.05, 4.69) is 0 Å². The molecule has 1 atom stereocenters. The molecule has 1 aromatic rings. The zero-order chi connectivity index (χ0) is 14.4. The third kappa shape index (κ3) is 4.59. The van der Waals surface area contributed by atoms with Crippen molar-refractivity contribution in [1.29, 1.82) is 0 Å². The minimum Gasteiger partial charge on any atom is -0.368 e. The Labute approximate surface area is 115 Å². The van der Waals surface area contributed by atoms with Crippen LogP contribution in [0.5, 0.6) is 0 Å². The lowest BCUT2D eigenvalue weighted by Crippen LogP contribution is -2.44. The van der Waals surface area contributed by atoms with Crippen LogP contribution in [0.4, 0.5) is 0 Å². The number of carbonyl (C=O) groups excluding carboxylic acids is 3. The predicted octanol–water partition coefficient (Wildman–Crippen LogP) is -0.234. The number of hydrogen-bond acceptors (Lipinski definition) is 3. The van der Waals surface area contributed by atoms with E-state index in [4.69, 9.17) is 23.1 Å². The Bertz CT molecular complexity index is 462. The number of carbonyl (C=O) groups is 3. The first-order chi connectivity index (χ1) is 8.91. The van der Waals surface area contributed by atoms with Crippen molar-refractivity contribution in [3.8, 4) is 0 Å². The molecule has 1 unspecified atom stereocenters. The van der Waals surface area contributed by atoms with E-state index < -0.39 is 36.2 Å². The number of halogens is 1. The van der Waals surface area contributed by atoms with Crippen molar-refractivity contribution in [2.24, 2.45) is 11.5 Å². The molecule has 0 aliphatic heterocycles. The van der Waals surface area contributed by atoms with Gasteiger partial charge >= 0.3 is 0 Å². The van der Waals surface area contributed by atoms with Gasteiger partial charge in [-0.2, -0.15) is 0 Å². The largest absolute Gasteiger partial charge is 0.368 e. The molecule has 1 aromatic carbocycles. The van der Waals surface area contributed by atoms with E-state index >= 15 is 0 Å². The van der Waals surface area contributed by atoms with Gasteiger partial charge in [0.15, 0.2) is 0 Å². The Morgan fingerprint density at radius 1 is 1.05 bits per heavy atom. The van der Waals surface area contributed by atoms with Gasteiger partial charge in [0.05, 0.1) is 13.1 Å². The molecule has 0 heterocycles. The molecule has 0 aliphatic carbocycles. The molecule has 1 rings (SSSR count). The third-order valence-electron chi connectivity index (χ3n) is 2.31. The van der Waals surface area contributed by atoms with Crippen LogP contribution < -0.4 is 11.5 Å². The molecule has 4 N–H and O–H groups in total. The fourth-order valence-electron chi connectivity index (χ4n) is 1.51. The summed E-state index contributed by atoms with van der Waals surface area (Å²) in [5.41, 5.74) is 10.6. The number of benzene rings is 1. The second kappa shape index (κ2) is 6.75. The highest BCUT2D eigenvalue weighted by Crippen LogP contribution is 2.22. The number of hydrogen-bond donors (Lipinski definition) is 2. The highest BCUT2D eigenvalue weighted by atomic mass is 35.5. The first kappa shape index (κ1) is 15.0. The molecule has 3 amide bonds. The van der Waals surface area contributed by atoms with Crippen LogP contribution in [0.1, 0.15) is 10.9 Å². The normalized spacial score (nSPS) is 11.6. The molecule has 0 bridgehead atoms. The van der Waals surface area contributed by atoms with E-state index in [-0.39, 0.29) is 0 Å². The standard InChI is InChI=1S/C12H14ClN3O3/c13-11(8-4-2-1-3-5-8)12(19)16(6-9(14)17)7-10(15)18/h1-5,11H,6-7H2,(H2,14,17)(H2,15,18). The van der Waals surface area contributed by atoms with Gasteiger partial charge in [-0.05, 0) is 5.56 Å². The Kier molecular flexibility index (Phi) is 5.32. The zero-order valence-electron chi connectivity index (χ0n) is 10.1. The molecule has 0 aliphatic rings. The molecule has 7 heteroatoms. The van der Waals surface area contributed by atoms with Crippen LogP contribution in [0, 0.1) is 0 Å². The molecule has 6 nitrogen and oxygen atoms in total. The maximum atomic E-state index is 12.1. The number of nitrogens with zero attached hydrogens (tertiary/aromatic N) is 1. The SMILES string of the molecule is NC(=O)CN(CC(N)=O)C(=O)C(Cl)c1ccccc1. The molecule has 102 valence electrons. The van der Waals surface area contributed by atoms with E-state index in [0.29, 0.717) is 5.56 Å². The van der Waals surface area contributed by atoms with E-state index in [0.717, 1.165) is 4.90 Å². The van der Waals surface area contributed by atoms with Crippen molar-refractivity contribution in [2.45, 2.75) is 5.38 Å². The monoisotopic (exact) mass is 283 g/mol. The fourth-order valence-corrected chi connectivity index (χ4v) is 1.80. The lowest BCUT2D eigenvalue weighted by Gasteiger charge is -2.22. The Morgan fingerprint density at radius 2 is 1.53 bits per heavy atom. The summed E-state index contributed by atoms with van der Waals surface area (Å²) in [5, 5.41) is -1.00. The Morgan fingerprint density at radius 3 is 1.95 bits per heavy atom. The summed E-state index contributed by atoms with van der Waals surface area (Å²) in [6.45, 7) is -0.810. The molecular formula is C12H14ClN3O3. The van der Waals surface area contributed by atoms with E-state index in [1.54, 1.807) is 30.3 Å². The minimum absolute atomic E-state index is 0.405. The zero-order valence-corrected chi connectivity index (χ0v) is 10.8. The van der Waals surface area contributed by atoms with Crippen LogP contribution in [-0.4, -0.2) is 35.7 Å². The van der Waals surface area contributed by atoms with Gasteiger partial charge < -0.3 is 16.4 Å². The smallest absolute Gasteiger partial charge is 0.246 e. The Balaban J connectivity index is 2.86. The van der Waals surface area contributed by atoms with E-state index in [9.17, 15) is 14.4 Å². The molecule has 0 saturated carbocycles. The van der Waals surface area contributed by atoms with Crippen LogP contribution in [0.25, 0.3) is 0 Å². The van der Waals surface area contributed by atoms with Crippen molar-refractivity contribution in [2.75, 3.05) is 13.1 Å². The number of alkyl halides is 1. The molecule has 0 radical (unpaired) electrons. The maximum absolute atomic E-state index is 12.1. The number of amides is 3. The average molecular weight is 284 g/mol. The average Bonchev–Trinajstić information content (AvgIpc) is 2.36. The van der Waals surface area contributed by atoms with Crippen molar-refractivity contribution < 1.29 is 14.4 Å². The third-order valence-corrected chi connectivity index (χ3v) is 2.75. The van der Waals surface area contributed by atoms with Gasteiger partial charge in [-0.25, -0.2) is 0 Å². The minimum atomic E-state index is -1.00. The van der Waals surface area contributed by atoms with Gasteiger partial charge in [-0.3, -0.25) is 14.4 Å². The second-order valence-corrected chi connectivity index (χ2v) is 4.34. The van der Waals surface area contributed by atoms with Crippen molar-refractivity contribution >= 4 is 29.3 Å². The van der Waals surface area contributed by atoms with Crippen LogP contribution in [-0.2, 0) is 14.4 Å². The van der Waals surface area contributed by atoms with Crippen LogP contribution in [0.2, 0.25) is 0 Å². The van der Waals surface area contributed by atoms with Gasteiger partial charge in [-0.15, -0.1) is 11.6 Å². The summed E-state index contributed by atoms with van der Waals surface area (Å²) in [5.74, 6) is -2.08. The summed E-state index contributed by atoms with van der Waals surface area (Å²) < 4.78 is 0. The van der Waals surface area contributed by atoms with Gasteiger partial charge in [0.1, 0.15) is 5.38 Å². The number of rotatable bonds is 6. The molecule has 0 saturated heterocycles. The number of nitrogens with two attached hydrogens (primary N) is 2. The van der Waals surface area contributed by atoms with Crippen molar-refractivity contribution in [3.05, 3.63) is 35.9 Å². The topological polar surface area (TPSA) is 106 Å². The summed E-state index contributed by atoms with van der Waals surface area (Å²) >= 11 is 6.02. The fraction of sp³-hybridized carbons (Fsp3) is 0.250. The summed E-state index contributed by atoms with van der Waals surface area (Å²) in [4.78, 5) is 34.8. The Hall–Kier alpha value is -2.08. The molecular weight excluding hydrogens is 270 g/mol. The van der Waals surface area contributed by atoms with Gasteiger partial charge in [0.2, 0.25) is 17.7 Å². The van der Waals surface area contributed by atoms with E-state index in [1.165, 1.54) is 0 Å². The predicted molar refractivity (Wildman–Crippen MR) is 70.0 cm³/mol. The first-order valence-electron chi connectivity index (χ1n) is 5.46. The van der Waals surface area contributed by atoms with Crippen LogP contribution in [0.15, 0.2) is 30.3 Å². The highest BCUT2D eigenvalue weighted by molar-refractivity contribution is 6.31. The highest BCUT2D eigenvalue weighted by Gasteiger charge is 2.25. The van der Waals surface area contributed by atoms with Gasteiger partial charge in [-0.1, -0.05) is 30.3 Å². The lowest BCUT2D eigenvalue weighted by atomic mass is 10.1. The summed E-state index contributed by atoms with van der Waals surface area (Å²) in [6.07, 6.45) is 0. The van der Waals surface area contributed by atoms with Gasteiger partial charge in [0.25, 0.3) is 0 Å². The summed E-state index contributed by atoms with van der Waals surface area (Å²) in [7, 11) is 0. The van der Waals surface area contributed by atoms with E-state index in [1.807, 2.05) is 0 Å². The second-order valence-electron chi connectivity index (χ2n) is 3.90. The molecule has 0 spiro atoms. The van der Waals surface area contributed by atoms with Gasteiger partial charge in [0, 0.05) is 0 Å². The maximum Gasteiger partial charge on any atom is 0.246 e. The molecule has 0 fully saturated rings. The molecule has 19 heavy (non-hydrogen) atoms. The van der Waals surface area contributed by atoms with Crippen LogP contribution in [0.3, 0.4) is 0 Å². The quantitative estimate of drug-likeness (QED) is 0.704. The first-order valence-corrected chi connectivity index (χ1v) is 5.90. The van der Waals surface area contributed by atoms with Crippen LogP contribution >= 0.6 is 11.6 Å². The molecule has 0 aromatic heterocycles. The lowest BCUT2D eigenvalue weighted by molar-refractivity contribution is -0.137. The number of primary amides is 2. The van der Waals surface area contributed by atoms with Crippen molar-refractivity contribution in [1.82, 2.24) is 4.90 Å². The summed E-state index contributed by atoms with van der Waals surface area (Å²) in [6, 6.07) is 8.57. The van der Waals surface area contributed by atoms with Crippen molar-refractivity contribution in [3.63, 3.8) is 0 Å².